The third kappa shape index (κ3) is 3.88. The maximum Gasteiger partial charge on any atom is 0.0294 e. The van der Waals surface area contributed by atoms with E-state index in [-0.39, 0.29) is 0 Å². The molecule has 1 aromatic carbocycles. The van der Waals surface area contributed by atoms with E-state index in [0.717, 1.165) is 13.0 Å². The molecule has 0 saturated heterocycles. The molecule has 0 aliphatic heterocycles. The van der Waals surface area contributed by atoms with Crippen molar-refractivity contribution in [3.63, 3.8) is 0 Å². The van der Waals surface area contributed by atoms with Gasteiger partial charge in [-0.2, -0.15) is 0 Å². The van der Waals surface area contributed by atoms with Crippen molar-refractivity contribution in [2.45, 2.75) is 32.7 Å². The first-order valence-electron chi connectivity index (χ1n) is 5.65. The number of aryl methyl sites for hydroxylation is 1. The first kappa shape index (κ1) is 12.0. The van der Waals surface area contributed by atoms with E-state index >= 15 is 0 Å². The van der Waals surface area contributed by atoms with Gasteiger partial charge in [0.05, 0.1) is 0 Å². The number of benzene rings is 1. The van der Waals surface area contributed by atoms with Crippen molar-refractivity contribution >= 4 is 0 Å². The number of rotatable bonds is 6. The fraction of sp³-hybridized carbons (Fsp3) is 0.429. The van der Waals surface area contributed by atoms with Crippen LogP contribution in [0.15, 0.2) is 36.9 Å². The second-order valence-electron chi connectivity index (χ2n) is 3.96. The molecule has 0 spiro atoms. The average Bonchev–Trinajstić information content (AvgIpc) is 2.25. The Kier molecular flexibility index (Phi) is 5.13. The second kappa shape index (κ2) is 6.41. The molecule has 1 atom stereocenters. The minimum absolute atomic E-state index is 0.441. The Morgan fingerprint density at radius 1 is 1.40 bits per heavy atom. The molecule has 1 aromatic rings. The Labute approximate surface area is 93.2 Å². The van der Waals surface area contributed by atoms with Crippen LogP contribution in [0.3, 0.4) is 0 Å². The largest absolute Gasteiger partial charge is 0.310 e. The van der Waals surface area contributed by atoms with Crippen molar-refractivity contribution in [3.8, 4) is 0 Å². The number of hydrogen-bond donors (Lipinski definition) is 1. The van der Waals surface area contributed by atoms with Gasteiger partial charge in [-0.25, -0.2) is 0 Å². The zero-order valence-corrected chi connectivity index (χ0v) is 9.79. The third-order valence-corrected chi connectivity index (χ3v) is 2.69. The van der Waals surface area contributed by atoms with Gasteiger partial charge in [0.1, 0.15) is 0 Å². The van der Waals surface area contributed by atoms with Crippen molar-refractivity contribution in [3.05, 3.63) is 48.0 Å². The van der Waals surface area contributed by atoms with Gasteiger partial charge in [0, 0.05) is 6.04 Å². The summed E-state index contributed by atoms with van der Waals surface area (Å²) >= 11 is 0. The minimum atomic E-state index is 0.441. The summed E-state index contributed by atoms with van der Waals surface area (Å²) in [4.78, 5) is 0. The molecule has 0 unspecified atom stereocenters. The zero-order valence-electron chi connectivity index (χ0n) is 9.79. The lowest BCUT2D eigenvalue weighted by atomic mass is 10.0. The molecular formula is C14H21N. The fourth-order valence-corrected chi connectivity index (χ4v) is 1.75. The first-order chi connectivity index (χ1) is 7.25. The Balaban J connectivity index is 2.43. The van der Waals surface area contributed by atoms with Crippen LogP contribution in [0.5, 0.6) is 0 Å². The molecule has 0 radical (unpaired) electrons. The Morgan fingerprint density at radius 3 is 2.80 bits per heavy atom. The van der Waals surface area contributed by atoms with Crippen LogP contribution in [0.2, 0.25) is 0 Å². The molecule has 0 aromatic heterocycles. The molecule has 1 nitrogen and oxygen atoms in total. The second-order valence-corrected chi connectivity index (χ2v) is 3.96. The van der Waals surface area contributed by atoms with E-state index in [1.54, 1.807) is 0 Å². The standard InChI is InChI=1S/C14H21N/c1-4-5-8-11-15-13(3)14-10-7-6-9-12(14)2/h4,6-7,9-10,13,15H,1,5,8,11H2,2-3H3/t13-/m0/s1. The molecule has 0 heterocycles. The maximum atomic E-state index is 3.72. The van der Waals surface area contributed by atoms with Gasteiger partial charge in [0.25, 0.3) is 0 Å². The smallest absolute Gasteiger partial charge is 0.0294 e. The molecule has 0 aliphatic carbocycles. The Bertz CT molecular complexity index is 304. The molecule has 0 amide bonds. The van der Waals surface area contributed by atoms with Crippen molar-refractivity contribution in [2.24, 2.45) is 0 Å². The highest BCUT2D eigenvalue weighted by Gasteiger charge is 2.05. The fourth-order valence-electron chi connectivity index (χ4n) is 1.75. The monoisotopic (exact) mass is 203 g/mol. The zero-order chi connectivity index (χ0) is 11.1. The molecule has 1 rings (SSSR count). The number of unbranched alkanes of at least 4 members (excludes halogenated alkanes) is 1. The Hall–Kier alpha value is -1.08. The summed E-state index contributed by atoms with van der Waals surface area (Å²) < 4.78 is 0. The van der Waals surface area contributed by atoms with Gasteiger partial charge >= 0.3 is 0 Å². The van der Waals surface area contributed by atoms with Crippen molar-refractivity contribution in [1.82, 2.24) is 5.32 Å². The molecule has 0 saturated carbocycles. The summed E-state index contributed by atoms with van der Waals surface area (Å²) in [7, 11) is 0. The van der Waals surface area contributed by atoms with E-state index in [1.165, 1.54) is 17.5 Å². The molecular weight excluding hydrogens is 182 g/mol. The van der Waals surface area contributed by atoms with E-state index in [1.807, 2.05) is 6.08 Å². The van der Waals surface area contributed by atoms with Gasteiger partial charge in [0.2, 0.25) is 0 Å². The summed E-state index contributed by atoms with van der Waals surface area (Å²) in [6, 6.07) is 8.99. The molecule has 15 heavy (non-hydrogen) atoms. The van der Waals surface area contributed by atoms with E-state index in [0.29, 0.717) is 6.04 Å². The highest BCUT2D eigenvalue weighted by molar-refractivity contribution is 5.28. The van der Waals surface area contributed by atoms with Crippen molar-refractivity contribution in [2.75, 3.05) is 6.54 Å². The van der Waals surface area contributed by atoms with Gasteiger partial charge in [-0.05, 0) is 44.4 Å². The first-order valence-corrected chi connectivity index (χ1v) is 5.65. The normalized spacial score (nSPS) is 12.4. The van der Waals surface area contributed by atoms with Gasteiger partial charge in [-0.1, -0.05) is 30.3 Å². The molecule has 1 heteroatoms. The van der Waals surface area contributed by atoms with E-state index in [9.17, 15) is 0 Å². The lowest BCUT2D eigenvalue weighted by Gasteiger charge is -2.16. The highest BCUT2D eigenvalue weighted by atomic mass is 14.9. The van der Waals surface area contributed by atoms with Crippen molar-refractivity contribution in [1.29, 1.82) is 0 Å². The number of hydrogen-bond acceptors (Lipinski definition) is 1. The number of allylic oxidation sites excluding steroid dienone is 1. The quantitative estimate of drug-likeness (QED) is 0.550. The van der Waals surface area contributed by atoms with E-state index in [4.69, 9.17) is 0 Å². The van der Waals surface area contributed by atoms with Crippen LogP contribution in [0.25, 0.3) is 0 Å². The SMILES string of the molecule is C=CCCCN[C@@H](C)c1ccccc1C. The van der Waals surface area contributed by atoms with Crippen LogP contribution in [-0.2, 0) is 0 Å². The van der Waals surface area contributed by atoms with Crippen LogP contribution in [-0.4, -0.2) is 6.54 Å². The summed E-state index contributed by atoms with van der Waals surface area (Å²) in [6.45, 7) is 9.16. The van der Waals surface area contributed by atoms with E-state index in [2.05, 4.69) is 50.0 Å². The van der Waals surface area contributed by atoms with Crippen LogP contribution < -0.4 is 5.32 Å². The van der Waals surface area contributed by atoms with Gasteiger partial charge in [-0.3, -0.25) is 0 Å². The lowest BCUT2D eigenvalue weighted by Crippen LogP contribution is -2.20. The van der Waals surface area contributed by atoms with Crippen LogP contribution >= 0.6 is 0 Å². The van der Waals surface area contributed by atoms with Gasteiger partial charge in [-0.15, -0.1) is 6.58 Å². The third-order valence-electron chi connectivity index (χ3n) is 2.69. The summed E-state index contributed by atoms with van der Waals surface area (Å²) in [5.41, 5.74) is 2.76. The molecule has 0 fully saturated rings. The topological polar surface area (TPSA) is 12.0 Å². The molecule has 1 N–H and O–H groups in total. The van der Waals surface area contributed by atoms with Gasteiger partial charge < -0.3 is 5.32 Å². The molecule has 0 bridgehead atoms. The minimum Gasteiger partial charge on any atom is -0.310 e. The Morgan fingerprint density at radius 2 is 2.13 bits per heavy atom. The highest BCUT2D eigenvalue weighted by Crippen LogP contribution is 2.16. The molecule has 82 valence electrons. The maximum absolute atomic E-state index is 3.72. The van der Waals surface area contributed by atoms with Crippen molar-refractivity contribution < 1.29 is 0 Å². The predicted molar refractivity (Wildman–Crippen MR) is 67.0 cm³/mol. The summed E-state index contributed by atoms with van der Waals surface area (Å²) in [5, 5.41) is 3.53. The van der Waals surface area contributed by atoms with E-state index < -0.39 is 0 Å². The van der Waals surface area contributed by atoms with Crippen LogP contribution in [0.1, 0.15) is 36.9 Å². The van der Waals surface area contributed by atoms with Crippen LogP contribution in [0.4, 0.5) is 0 Å². The molecule has 0 aliphatic rings. The summed E-state index contributed by atoms with van der Waals surface area (Å²) in [6.07, 6.45) is 4.23. The van der Waals surface area contributed by atoms with Gasteiger partial charge in [0.15, 0.2) is 0 Å². The predicted octanol–water partition coefficient (Wildman–Crippen LogP) is 3.61. The lowest BCUT2D eigenvalue weighted by molar-refractivity contribution is 0.559. The summed E-state index contributed by atoms with van der Waals surface area (Å²) in [5.74, 6) is 0. The van der Waals surface area contributed by atoms with Crippen LogP contribution in [0, 0.1) is 6.92 Å². The average molecular weight is 203 g/mol. The number of nitrogens with one attached hydrogen (secondary N) is 1.